The van der Waals surface area contributed by atoms with Crippen LogP contribution < -0.4 is 10.6 Å². The van der Waals surface area contributed by atoms with Crippen molar-refractivity contribution in [2.45, 2.75) is 83.5 Å². The molecule has 0 radical (unpaired) electrons. The Morgan fingerprint density at radius 1 is 1.09 bits per heavy atom. The van der Waals surface area contributed by atoms with Crippen molar-refractivity contribution in [2.24, 2.45) is 11.8 Å². The zero-order valence-corrected chi connectivity index (χ0v) is 14.9. The second-order valence-electron chi connectivity index (χ2n) is 8.26. The summed E-state index contributed by atoms with van der Waals surface area (Å²) in [4.78, 5) is 11.8. The molecule has 0 aromatic rings. The maximum Gasteiger partial charge on any atom is 0.407 e. The predicted octanol–water partition coefficient (Wildman–Crippen LogP) is 2.82. The highest BCUT2D eigenvalue weighted by atomic mass is 16.6. The summed E-state index contributed by atoms with van der Waals surface area (Å²) in [6.07, 6.45) is 7.33. The molecular formula is C18H34N2O3. The summed E-state index contributed by atoms with van der Waals surface area (Å²) in [5, 5.41) is 16.2. The molecule has 5 heteroatoms. The number of hydrogen-bond donors (Lipinski definition) is 3. The van der Waals surface area contributed by atoms with Gasteiger partial charge in [0.2, 0.25) is 0 Å². The molecule has 1 amide bonds. The molecule has 2 aliphatic carbocycles. The average Bonchev–Trinajstić information content (AvgIpc) is 2.90. The molecule has 0 aromatic heterocycles. The van der Waals surface area contributed by atoms with Gasteiger partial charge in [0.25, 0.3) is 0 Å². The van der Waals surface area contributed by atoms with Crippen LogP contribution in [0.2, 0.25) is 0 Å². The molecule has 2 rings (SSSR count). The van der Waals surface area contributed by atoms with Crippen molar-refractivity contribution >= 4 is 6.09 Å². The Kier molecular flexibility index (Phi) is 6.72. The van der Waals surface area contributed by atoms with E-state index in [2.05, 4.69) is 10.6 Å². The molecular weight excluding hydrogens is 292 g/mol. The molecule has 3 N–H and O–H groups in total. The van der Waals surface area contributed by atoms with Crippen LogP contribution in [0.3, 0.4) is 0 Å². The Hall–Kier alpha value is -0.810. The Morgan fingerprint density at radius 2 is 1.78 bits per heavy atom. The molecule has 23 heavy (non-hydrogen) atoms. The van der Waals surface area contributed by atoms with Crippen LogP contribution in [0.15, 0.2) is 0 Å². The summed E-state index contributed by atoms with van der Waals surface area (Å²) in [6, 6.07) is 0.497. The molecule has 2 unspecified atom stereocenters. The summed E-state index contributed by atoms with van der Waals surface area (Å²) in [6.45, 7) is 7.38. The van der Waals surface area contributed by atoms with E-state index in [0.29, 0.717) is 24.4 Å². The van der Waals surface area contributed by atoms with Crippen molar-refractivity contribution in [2.75, 3.05) is 13.1 Å². The topological polar surface area (TPSA) is 70.6 Å². The van der Waals surface area contributed by atoms with Crippen molar-refractivity contribution in [3.63, 3.8) is 0 Å². The molecule has 2 fully saturated rings. The fraction of sp³-hybridized carbons (Fsp3) is 0.944. The smallest absolute Gasteiger partial charge is 0.407 e. The Labute approximate surface area is 140 Å². The lowest BCUT2D eigenvalue weighted by molar-refractivity contribution is 0.0517. The summed E-state index contributed by atoms with van der Waals surface area (Å²) in [5.74, 6) is 1.19. The van der Waals surface area contributed by atoms with Crippen LogP contribution in [0.1, 0.15) is 65.7 Å². The second kappa shape index (κ2) is 8.34. The zero-order valence-electron chi connectivity index (χ0n) is 14.9. The number of aliphatic hydroxyl groups excluding tert-OH is 1. The SMILES string of the molecule is CC(C)(C)OC(=O)NCC1CCCC1NCC1CCC(O)CC1. The third-order valence-electron chi connectivity index (χ3n) is 5.05. The first-order valence-corrected chi connectivity index (χ1v) is 9.22. The first-order valence-electron chi connectivity index (χ1n) is 9.22. The first-order chi connectivity index (χ1) is 10.8. The second-order valence-corrected chi connectivity index (χ2v) is 8.26. The van der Waals surface area contributed by atoms with Gasteiger partial charge in [-0.05, 0) is 77.7 Å². The van der Waals surface area contributed by atoms with Gasteiger partial charge in [0.15, 0.2) is 0 Å². The van der Waals surface area contributed by atoms with Crippen LogP contribution in [0.25, 0.3) is 0 Å². The van der Waals surface area contributed by atoms with Gasteiger partial charge >= 0.3 is 6.09 Å². The fourth-order valence-corrected chi connectivity index (χ4v) is 3.75. The fourth-order valence-electron chi connectivity index (χ4n) is 3.75. The molecule has 2 atom stereocenters. The van der Waals surface area contributed by atoms with Gasteiger partial charge in [-0.2, -0.15) is 0 Å². The van der Waals surface area contributed by atoms with Crippen molar-refractivity contribution in [3.8, 4) is 0 Å². The monoisotopic (exact) mass is 326 g/mol. The van der Waals surface area contributed by atoms with Crippen LogP contribution in [0.4, 0.5) is 4.79 Å². The molecule has 0 bridgehead atoms. The Morgan fingerprint density at radius 3 is 2.43 bits per heavy atom. The summed E-state index contributed by atoms with van der Waals surface area (Å²) < 4.78 is 5.30. The summed E-state index contributed by atoms with van der Waals surface area (Å²) in [5.41, 5.74) is -0.442. The standard InChI is InChI=1S/C18H34N2O3/c1-18(2,3)23-17(22)20-12-14-5-4-6-16(14)19-11-13-7-9-15(21)10-8-13/h13-16,19,21H,4-12H2,1-3H3,(H,20,22). The highest BCUT2D eigenvalue weighted by Crippen LogP contribution is 2.27. The minimum Gasteiger partial charge on any atom is -0.444 e. The van der Waals surface area contributed by atoms with E-state index in [9.17, 15) is 9.90 Å². The van der Waals surface area contributed by atoms with E-state index in [1.165, 1.54) is 12.8 Å². The normalized spacial score (nSPS) is 31.8. The van der Waals surface area contributed by atoms with Gasteiger partial charge < -0.3 is 20.5 Å². The average molecular weight is 326 g/mol. The van der Waals surface area contributed by atoms with E-state index in [1.807, 2.05) is 20.8 Å². The molecule has 2 saturated carbocycles. The third-order valence-corrected chi connectivity index (χ3v) is 5.05. The van der Waals surface area contributed by atoms with Crippen molar-refractivity contribution in [1.82, 2.24) is 10.6 Å². The van der Waals surface area contributed by atoms with Gasteiger partial charge in [0.05, 0.1) is 6.10 Å². The Balaban J connectivity index is 1.67. The summed E-state index contributed by atoms with van der Waals surface area (Å²) >= 11 is 0. The predicted molar refractivity (Wildman–Crippen MR) is 91.3 cm³/mol. The molecule has 0 heterocycles. The molecule has 5 nitrogen and oxygen atoms in total. The van der Waals surface area contributed by atoms with Gasteiger partial charge in [-0.1, -0.05) is 6.42 Å². The van der Waals surface area contributed by atoms with Crippen molar-refractivity contribution in [3.05, 3.63) is 0 Å². The van der Waals surface area contributed by atoms with Crippen LogP contribution in [-0.4, -0.2) is 42.0 Å². The molecule has 2 aliphatic rings. The largest absolute Gasteiger partial charge is 0.444 e. The molecule has 0 saturated heterocycles. The number of nitrogens with one attached hydrogen (secondary N) is 2. The van der Waals surface area contributed by atoms with Gasteiger partial charge in [-0.15, -0.1) is 0 Å². The van der Waals surface area contributed by atoms with Gasteiger partial charge in [0.1, 0.15) is 5.60 Å². The minimum atomic E-state index is -0.442. The van der Waals surface area contributed by atoms with Crippen LogP contribution in [-0.2, 0) is 4.74 Å². The van der Waals surface area contributed by atoms with Crippen LogP contribution in [0.5, 0.6) is 0 Å². The zero-order chi connectivity index (χ0) is 16.9. The number of ether oxygens (including phenoxy) is 1. The van der Waals surface area contributed by atoms with Crippen molar-refractivity contribution in [1.29, 1.82) is 0 Å². The minimum absolute atomic E-state index is 0.0801. The quantitative estimate of drug-likeness (QED) is 0.726. The number of amides is 1. The summed E-state index contributed by atoms with van der Waals surface area (Å²) in [7, 11) is 0. The highest BCUT2D eigenvalue weighted by Gasteiger charge is 2.29. The maximum atomic E-state index is 11.8. The van der Waals surface area contributed by atoms with Crippen LogP contribution in [0, 0.1) is 11.8 Å². The van der Waals surface area contributed by atoms with Crippen LogP contribution >= 0.6 is 0 Å². The molecule has 0 spiro atoms. The number of rotatable bonds is 5. The molecule has 0 aliphatic heterocycles. The van der Waals surface area contributed by atoms with E-state index in [4.69, 9.17) is 4.74 Å². The van der Waals surface area contributed by atoms with Crippen molar-refractivity contribution < 1.29 is 14.6 Å². The third kappa shape index (κ3) is 6.68. The van der Waals surface area contributed by atoms with E-state index in [-0.39, 0.29) is 12.2 Å². The lowest BCUT2D eigenvalue weighted by Crippen LogP contribution is -2.42. The molecule has 0 aromatic carbocycles. The Bertz CT molecular complexity index is 373. The lowest BCUT2D eigenvalue weighted by atomic mass is 9.87. The van der Waals surface area contributed by atoms with Gasteiger partial charge in [0, 0.05) is 12.6 Å². The van der Waals surface area contributed by atoms with Gasteiger partial charge in [-0.3, -0.25) is 0 Å². The highest BCUT2D eigenvalue weighted by molar-refractivity contribution is 5.67. The number of carbonyl (C=O) groups excluding carboxylic acids is 1. The van der Waals surface area contributed by atoms with E-state index < -0.39 is 5.60 Å². The van der Waals surface area contributed by atoms with E-state index in [1.54, 1.807) is 0 Å². The molecule has 134 valence electrons. The van der Waals surface area contributed by atoms with E-state index >= 15 is 0 Å². The number of alkyl carbamates (subject to hydrolysis) is 1. The van der Waals surface area contributed by atoms with Gasteiger partial charge in [-0.25, -0.2) is 4.79 Å². The van der Waals surface area contributed by atoms with E-state index in [0.717, 1.165) is 38.6 Å². The number of hydrogen-bond acceptors (Lipinski definition) is 4. The number of aliphatic hydroxyl groups is 1. The first kappa shape index (κ1) is 18.5. The maximum absolute atomic E-state index is 11.8. The number of carbonyl (C=O) groups is 1. The lowest BCUT2D eigenvalue weighted by Gasteiger charge is -2.29.